The second-order valence-corrected chi connectivity index (χ2v) is 6.31. The van der Waals surface area contributed by atoms with Gasteiger partial charge < -0.3 is 9.64 Å². The maximum absolute atomic E-state index is 14.1. The van der Waals surface area contributed by atoms with Gasteiger partial charge in [-0.15, -0.1) is 0 Å². The molecule has 0 bridgehead atoms. The van der Waals surface area contributed by atoms with Crippen LogP contribution in [0.1, 0.15) is 10.4 Å². The SMILES string of the molecule is CN1CCO[C@@H]2CN(C(=O)c3cn[nH]c3-c3ccccc3F)C[C@@H]21. The van der Waals surface area contributed by atoms with Crippen molar-refractivity contribution < 1.29 is 13.9 Å². The third-order valence-electron chi connectivity index (χ3n) is 4.88. The van der Waals surface area contributed by atoms with E-state index in [1.807, 2.05) is 0 Å². The van der Waals surface area contributed by atoms with Crippen LogP contribution >= 0.6 is 0 Å². The summed E-state index contributed by atoms with van der Waals surface area (Å²) >= 11 is 0. The minimum Gasteiger partial charge on any atom is -0.373 e. The Bertz CT molecular complexity index is 763. The van der Waals surface area contributed by atoms with E-state index in [0.717, 1.165) is 6.54 Å². The Morgan fingerprint density at radius 2 is 2.21 bits per heavy atom. The molecule has 3 heterocycles. The number of amides is 1. The summed E-state index contributed by atoms with van der Waals surface area (Å²) in [6.45, 7) is 2.72. The first-order valence-electron chi connectivity index (χ1n) is 8.04. The Balaban J connectivity index is 1.61. The summed E-state index contributed by atoms with van der Waals surface area (Å²) in [7, 11) is 2.05. The summed E-state index contributed by atoms with van der Waals surface area (Å²) < 4.78 is 19.9. The fourth-order valence-corrected chi connectivity index (χ4v) is 3.51. The van der Waals surface area contributed by atoms with Crippen LogP contribution in [0.2, 0.25) is 0 Å². The van der Waals surface area contributed by atoms with Gasteiger partial charge in [-0.1, -0.05) is 12.1 Å². The van der Waals surface area contributed by atoms with Gasteiger partial charge in [-0.2, -0.15) is 5.10 Å². The molecule has 4 rings (SSSR count). The zero-order chi connectivity index (χ0) is 16.7. The Kier molecular flexibility index (Phi) is 3.82. The predicted octanol–water partition coefficient (Wildman–Crippen LogP) is 1.37. The van der Waals surface area contributed by atoms with Crippen molar-refractivity contribution in [1.82, 2.24) is 20.0 Å². The molecular formula is C17H19FN4O2. The van der Waals surface area contributed by atoms with E-state index in [9.17, 15) is 9.18 Å². The first kappa shape index (κ1) is 15.3. The first-order valence-corrected chi connectivity index (χ1v) is 8.04. The van der Waals surface area contributed by atoms with Crippen LogP contribution < -0.4 is 0 Å². The normalized spacial score (nSPS) is 24.2. The molecule has 0 aliphatic carbocycles. The number of aromatic amines is 1. The van der Waals surface area contributed by atoms with Gasteiger partial charge in [0, 0.05) is 25.2 Å². The molecule has 0 unspecified atom stereocenters. The molecule has 1 amide bonds. The number of morpholine rings is 1. The van der Waals surface area contributed by atoms with Crippen molar-refractivity contribution in [3.8, 4) is 11.3 Å². The lowest BCUT2D eigenvalue weighted by Crippen LogP contribution is -2.48. The lowest BCUT2D eigenvalue weighted by atomic mass is 10.1. The number of likely N-dealkylation sites (N-methyl/N-ethyl adjacent to an activating group) is 1. The van der Waals surface area contributed by atoms with E-state index in [4.69, 9.17) is 4.74 Å². The van der Waals surface area contributed by atoms with Crippen molar-refractivity contribution in [2.45, 2.75) is 12.1 Å². The van der Waals surface area contributed by atoms with Gasteiger partial charge in [0.05, 0.1) is 36.2 Å². The van der Waals surface area contributed by atoms with Crippen LogP contribution in [-0.4, -0.2) is 71.3 Å². The Hall–Kier alpha value is -2.25. The molecule has 2 aliphatic rings. The number of carbonyl (C=O) groups excluding carboxylic acids is 1. The molecule has 7 heteroatoms. The highest BCUT2D eigenvalue weighted by Gasteiger charge is 2.41. The van der Waals surface area contributed by atoms with Crippen LogP contribution in [0.5, 0.6) is 0 Å². The summed E-state index contributed by atoms with van der Waals surface area (Å²) in [5.74, 6) is -0.526. The number of hydrogen-bond acceptors (Lipinski definition) is 4. The second kappa shape index (κ2) is 5.99. The predicted molar refractivity (Wildman–Crippen MR) is 86.0 cm³/mol. The zero-order valence-electron chi connectivity index (χ0n) is 13.4. The minimum atomic E-state index is -0.381. The van der Waals surface area contributed by atoms with Crippen molar-refractivity contribution >= 4 is 5.91 Å². The van der Waals surface area contributed by atoms with Crippen LogP contribution in [0.3, 0.4) is 0 Å². The van der Waals surface area contributed by atoms with Crippen LogP contribution in [0.4, 0.5) is 4.39 Å². The maximum Gasteiger partial charge on any atom is 0.257 e. The van der Waals surface area contributed by atoms with Gasteiger partial charge in [-0.25, -0.2) is 4.39 Å². The number of halogens is 1. The third kappa shape index (κ3) is 2.50. The van der Waals surface area contributed by atoms with Crippen molar-refractivity contribution in [2.75, 3.05) is 33.3 Å². The fourth-order valence-electron chi connectivity index (χ4n) is 3.51. The number of rotatable bonds is 2. The van der Waals surface area contributed by atoms with E-state index in [1.165, 1.54) is 12.3 Å². The highest BCUT2D eigenvalue weighted by Crippen LogP contribution is 2.28. The number of ether oxygens (including phenoxy) is 1. The highest BCUT2D eigenvalue weighted by molar-refractivity contribution is 6.00. The largest absolute Gasteiger partial charge is 0.373 e. The smallest absolute Gasteiger partial charge is 0.257 e. The van der Waals surface area contributed by atoms with E-state index in [-0.39, 0.29) is 23.9 Å². The Morgan fingerprint density at radius 1 is 1.38 bits per heavy atom. The molecule has 2 fully saturated rings. The maximum atomic E-state index is 14.1. The number of likely N-dealkylation sites (tertiary alicyclic amines) is 1. The average Bonchev–Trinajstić information content (AvgIpc) is 3.22. The molecule has 2 atom stereocenters. The molecule has 1 aromatic carbocycles. The Morgan fingerprint density at radius 3 is 3.00 bits per heavy atom. The molecule has 126 valence electrons. The lowest BCUT2D eigenvalue weighted by Gasteiger charge is -2.33. The van der Waals surface area contributed by atoms with E-state index in [1.54, 1.807) is 23.1 Å². The molecule has 2 aliphatic heterocycles. The van der Waals surface area contributed by atoms with Crippen molar-refractivity contribution in [3.05, 3.63) is 41.8 Å². The zero-order valence-corrected chi connectivity index (χ0v) is 13.4. The Labute approximate surface area is 139 Å². The van der Waals surface area contributed by atoms with Gasteiger partial charge >= 0.3 is 0 Å². The number of aromatic nitrogens is 2. The van der Waals surface area contributed by atoms with Crippen LogP contribution in [0.25, 0.3) is 11.3 Å². The van der Waals surface area contributed by atoms with E-state index in [0.29, 0.717) is 36.5 Å². The number of hydrogen-bond donors (Lipinski definition) is 1. The van der Waals surface area contributed by atoms with E-state index < -0.39 is 0 Å². The van der Waals surface area contributed by atoms with Crippen molar-refractivity contribution in [3.63, 3.8) is 0 Å². The summed E-state index contributed by atoms with van der Waals surface area (Å²) in [5.41, 5.74) is 1.16. The number of nitrogens with zero attached hydrogens (tertiary/aromatic N) is 3. The van der Waals surface area contributed by atoms with Gasteiger partial charge in [0.1, 0.15) is 5.82 Å². The molecule has 0 spiro atoms. The van der Waals surface area contributed by atoms with E-state index in [2.05, 4.69) is 22.1 Å². The van der Waals surface area contributed by atoms with Crippen molar-refractivity contribution in [2.24, 2.45) is 0 Å². The fraction of sp³-hybridized carbons (Fsp3) is 0.412. The van der Waals surface area contributed by atoms with E-state index >= 15 is 0 Å². The van der Waals surface area contributed by atoms with Crippen molar-refractivity contribution in [1.29, 1.82) is 0 Å². The average molecular weight is 330 g/mol. The summed E-state index contributed by atoms with van der Waals surface area (Å²) in [5, 5.41) is 6.72. The molecular weight excluding hydrogens is 311 g/mol. The minimum absolute atomic E-state index is 0.0384. The van der Waals surface area contributed by atoms with Gasteiger partial charge in [-0.3, -0.25) is 14.8 Å². The van der Waals surface area contributed by atoms with Gasteiger partial charge in [0.15, 0.2) is 0 Å². The molecule has 2 aromatic rings. The quantitative estimate of drug-likeness (QED) is 0.903. The topological polar surface area (TPSA) is 61.5 Å². The van der Waals surface area contributed by atoms with Crippen LogP contribution in [0.15, 0.2) is 30.5 Å². The molecule has 1 N–H and O–H groups in total. The van der Waals surface area contributed by atoms with Crippen LogP contribution in [-0.2, 0) is 4.74 Å². The highest BCUT2D eigenvalue weighted by atomic mass is 19.1. The number of carbonyl (C=O) groups is 1. The number of nitrogens with one attached hydrogen (secondary N) is 1. The lowest BCUT2D eigenvalue weighted by molar-refractivity contribution is -0.0368. The van der Waals surface area contributed by atoms with Gasteiger partial charge in [0.25, 0.3) is 5.91 Å². The second-order valence-electron chi connectivity index (χ2n) is 6.31. The summed E-state index contributed by atoms with van der Waals surface area (Å²) in [4.78, 5) is 16.9. The number of benzene rings is 1. The molecule has 6 nitrogen and oxygen atoms in total. The third-order valence-corrected chi connectivity index (χ3v) is 4.88. The molecule has 24 heavy (non-hydrogen) atoms. The van der Waals surface area contributed by atoms with Gasteiger partial charge in [0.2, 0.25) is 0 Å². The monoisotopic (exact) mass is 330 g/mol. The standard InChI is InChI=1S/C17H19FN4O2/c1-21-6-7-24-15-10-22(9-14(15)21)17(23)12-8-19-20-16(12)11-4-2-3-5-13(11)18/h2-5,8,14-15H,6-7,9-10H2,1H3,(H,19,20)/t14-,15+/m0/s1. The molecule has 0 saturated carbocycles. The molecule has 2 saturated heterocycles. The number of H-pyrrole nitrogens is 1. The molecule has 1 aromatic heterocycles. The molecule has 0 radical (unpaired) electrons. The first-order chi connectivity index (χ1) is 11.6. The number of fused-ring (bicyclic) bond motifs is 1. The van der Waals surface area contributed by atoms with Crippen LogP contribution in [0, 0.1) is 5.82 Å². The van der Waals surface area contributed by atoms with Gasteiger partial charge in [-0.05, 0) is 19.2 Å². The summed E-state index contributed by atoms with van der Waals surface area (Å²) in [6.07, 6.45) is 1.51. The summed E-state index contributed by atoms with van der Waals surface area (Å²) in [6, 6.07) is 6.58.